The highest BCUT2D eigenvalue weighted by atomic mass is 32.1. The summed E-state index contributed by atoms with van der Waals surface area (Å²) in [5.41, 5.74) is -0.0350. The van der Waals surface area contributed by atoms with Gasteiger partial charge in [0.1, 0.15) is 11.6 Å². The van der Waals surface area contributed by atoms with Crippen molar-refractivity contribution in [1.82, 2.24) is 5.32 Å². The van der Waals surface area contributed by atoms with Crippen molar-refractivity contribution in [2.45, 2.75) is 12.3 Å². The molecule has 3 rings (SSSR count). The molecule has 0 radical (unpaired) electrons. The largest absolute Gasteiger partial charge is 0.348 e. The second-order valence-corrected chi connectivity index (χ2v) is 6.15. The molecule has 1 aliphatic carbocycles. The van der Waals surface area contributed by atoms with E-state index in [4.69, 9.17) is 0 Å². The van der Waals surface area contributed by atoms with Gasteiger partial charge < -0.3 is 5.32 Å². The summed E-state index contributed by atoms with van der Waals surface area (Å²) in [5.74, 6) is -2.68. The fourth-order valence-corrected chi connectivity index (χ4v) is 3.16. The topological polar surface area (TPSA) is 46.2 Å². The van der Waals surface area contributed by atoms with E-state index in [-0.39, 0.29) is 23.8 Å². The van der Waals surface area contributed by atoms with Crippen molar-refractivity contribution in [3.8, 4) is 0 Å². The van der Waals surface area contributed by atoms with Gasteiger partial charge in [0.05, 0.1) is 11.4 Å². The maximum absolute atomic E-state index is 13.7. The summed E-state index contributed by atoms with van der Waals surface area (Å²) in [6.07, 6.45) is 0.400. The number of Topliss-reactive ketones (excluding diaryl/α,β-unsaturated/α-hetero) is 1. The third-order valence-electron chi connectivity index (χ3n) is 3.72. The monoisotopic (exact) mass is 321 g/mol. The molecular weight excluding hydrogens is 308 g/mol. The van der Waals surface area contributed by atoms with Crippen molar-refractivity contribution in [3.05, 3.63) is 57.8 Å². The number of amides is 1. The molecule has 1 aromatic heterocycles. The predicted molar refractivity (Wildman–Crippen MR) is 78.9 cm³/mol. The Kier molecular flexibility index (Phi) is 4.02. The average molecular weight is 321 g/mol. The summed E-state index contributed by atoms with van der Waals surface area (Å²) in [5, 5.41) is 4.33. The molecule has 1 saturated carbocycles. The lowest BCUT2D eigenvalue weighted by Crippen LogP contribution is -2.30. The SMILES string of the molecule is O=C(CNC(=O)[C@@H]1C[C@@H]1c1c(F)cccc1F)c1cccs1. The number of nitrogens with one attached hydrogen (secondary N) is 1. The fourth-order valence-electron chi connectivity index (χ4n) is 2.49. The normalized spacial score (nSPS) is 19.7. The van der Waals surface area contributed by atoms with Crippen LogP contribution in [0.4, 0.5) is 8.78 Å². The summed E-state index contributed by atoms with van der Waals surface area (Å²) < 4.78 is 27.3. The quantitative estimate of drug-likeness (QED) is 0.860. The van der Waals surface area contributed by atoms with Crippen LogP contribution in [0.15, 0.2) is 35.7 Å². The lowest BCUT2D eigenvalue weighted by Gasteiger charge is -2.05. The van der Waals surface area contributed by atoms with Gasteiger partial charge >= 0.3 is 0 Å². The van der Waals surface area contributed by atoms with E-state index in [1.807, 2.05) is 0 Å². The van der Waals surface area contributed by atoms with Gasteiger partial charge in [-0.3, -0.25) is 9.59 Å². The second kappa shape index (κ2) is 5.96. The first-order valence-corrected chi connectivity index (χ1v) is 7.74. The van der Waals surface area contributed by atoms with Crippen LogP contribution in [-0.2, 0) is 4.79 Å². The van der Waals surface area contributed by atoms with Crippen LogP contribution in [0.2, 0.25) is 0 Å². The summed E-state index contributed by atoms with van der Waals surface area (Å²) >= 11 is 1.31. The van der Waals surface area contributed by atoms with Gasteiger partial charge in [0.25, 0.3) is 0 Å². The van der Waals surface area contributed by atoms with Crippen molar-refractivity contribution < 1.29 is 18.4 Å². The Morgan fingerprint density at radius 2 is 1.91 bits per heavy atom. The van der Waals surface area contributed by atoms with Crippen molar-refractivity contribution in [2.24, 2.45) is 5.92 Å². The average Bonchev–Trinajstić information content (AvgIpc) is 3.07. The van der Waals surface area contributed by atoms with E-state index in [0.29, 0.717) is 11.3 Å². The van der Waals surface area contributed by atoms with E-state index in [0.717, 1.165) is 0 Å². The highest BCUT2D eigenvalue weighted by Gasteiger charge is 2.46. The van der Waals surface area contributed by atoms with Crippen LogP contribution >= 0.6 is 11.3 Å². The van der Waals surface area contributed by atoms with Crippen LogP contribution in [0.5, 0.6) is 0 Å². The van der Waals surface area contributed by atoms with Crippen molar-refractivity contribution in [2.75, 3.05) is 6.54 Å². The van der Waals surface area contributed by atoms with Crippen LogP contribution in [0, 0.1) is 17.6 Å². The van der Waals surface area contributed by atoms with Gasteiger partial charge in [-0.15, -0.1) is 11.3 Å². The molecule has 1 N–H and O–H groups in total. The number of halogens is 2. The zero-order valence-corrected chi connectivity index (χ0v) is 12.3. The van der Waals surface area contributed by atoms with E-state index >= 15 is 0 Å². The summed E-state index contributed by atoms with van der Waals surface area (Å²) in [7, 11) is 0. The minimum atomic E-state index is -0.630. The number of hydrogen-bond acceptors (Lipinski definition) is 3. The van der Waals surface area contributed by atoms with Gasteiger partial charge in [-0.2, -0.15) is 0 Å². The highest BCUT2D eigenvalue weighted by Crippen LogP contribution is 2.49. The fraction of sp³-hybridized carbons (Fsp3) is 0.250. The molecular formula is C16H13F2NO2S. The molecule has 1 aliphatic rings. The second-order valence-electron chi connectivity index (χ2n) is 5.20. The third-order valence-corrected chi connectivity index (χ3v) is 4.63. The maximum atomic E-state index is 13.7. The van der Waals surface area contributed by atoms with Crippen LogP contribution in [0.1, 0.15) is 27.6 Å². The Bertz CT molecular complexity index is 695. The van der Waals surface area contributed by atoms with E-state index in [2.05, 4.69) is 5.32 Å². The Balaban J connectivity index is 1.58. The van der Waals surface area contributed by atoms with Crippen molar-refractivity contribution in [1.29, 1.82) is 0 Å². The zero-order chi connectivity index (χ0) is 15.7. The summed E-state index contributed by atoms with van der Waals surface area (Å²) in [6, 6.07) is 7.12. The van der Waals surface area contributed by atoms with Gasteiger partial charge in [-0.1, -0.05) is 12.1 Å². The Morgan fingerprint density at radius 3 is 2.55 bits per heavy atom. The van der Waals surface area contributed by atoms with Crippen LogP contribution in [0.3, 0.4) is 0 Å². The first-order chi connectivity index (χ1) is 10.6. The number of carbonyl (C=O) groups excluding carboxylic acids is 2. The molecule has 6 heteroatoms. The molecule has 0 bridgehead atoms. The van der Waals surface area contributed by atoms with Gasteiger partial charge in [0, 0.05) is 17.4 Å². The molecule has 0 aliphatic heterocycles. The molecule has 2 aromatic rings. The molecule has 1 amide bonds. The molecule has 1 heterocycles. The van der Waals surface area contributed by atoms with Gasteiger partial charge in [0.2, 0.25) is 5.91 Å². The molecule has 1 aromatic carbocycles. The van der Waals surface area contributed by atoms with Crippen LogP contribution < -0.4 is 5.32 Å². The number of carbonyl (C=O) groups is 2. The van der Waals surface area contributed by atoms with Crippen LogP contribution in [0.25, 0.3) is 0 Å². The van der Waals surface area contributed by atoms with E-state index < -0.39 is 23.5 Å². The maximum Gasteiger partial charge on any atom is 0.224 e. The highest BCUT2D eigenvalue weighted by molar-refractivity contribution is 7.12. The molecule has 1 fully saturated rings. The molecule has 0 spiro atoms. The van der Waals surface area contributed by atoms with Gasteiger partial charge in [0.15, 0.2) is 5.78 Å². The lowest BCUT2D eigenvalue weighted by molar-refractivity contribution is -0.122. The zero-order valence-electron chi connectivity index (χ0n) is 11.5. The van der Waals surface area contributed by atoms with E-state index in [9.17, 15) is 18.4 Å². The minimum Gasteiger partial charge on any atom is -0.348 e. The predicted octanol–water partition coefficient (Wildman–Crippen LogP) is 3.13. The number of hydrogen-bond donors (Lipinski definition) is 1. The molecule has 2 atom stereocenters. The Labute approximate surface area is 130 Å². The summed E-state index contributed by atoms with van der Waals surface area (Å²) in [6.45, 7) is -0.0949. The van der Waals surface area contributed by atoms with Gasteiger partial charge in [-0.25, -0.2) is 8.78 Å². The smallest absolute Gasteiger partial charge is 0.224 e. The molecule has 0 unspecified atom stereocenters. The molecule has 0 saturated heterocycles. The van der Waals surface area contributed by atoms with E-state index in [1.165, 1.54) is 29.5 Å². The number of rotatable bonds is 5. The third kappa shape index (κ3) is 2.92. The number of ketones is 1. The minimum absolute atomic E-state index is 0.0350. The summed E-state index contributed by atoms with van der Waals surface area (Å²) in [4.78, 5) is 24.3. The first kappa shape index (κ1) is 14.8. The standard InChI is InChI=1S/C16H13F2NO2S/c17-11-3-1-4-12(18)15(11)9-7-10(9)16(21)19-8-13(20)14-5-2-6-22-14/h1-6,9-10H,7-8H2,(H,19,21)/t9-,10+/m0/s1. The lowest BCUT2D eigenvalue weighted by atomic mass is 10.1. The molecule has 114 valence electrons. The van der Waals surface area contributed by atoms with E-state index in [1.54, 1.807) is 17.5 Å². The van der Waals surface area contributed by atoms with Crippen molar-refractivity contribution >= 4 is 23.0 Å². The Morgan fingerprint density at radius 1 is 1.18 bits per heavy atom. The Hall–Kier alpha value is -2.08. The first-order valence-electron chi connectivity index (χ1n) is 6.86. The van der Waals surface area contributed by atoms with Crippen molar-refractivity contribution in [3.63, 3.8) is 0 Å². The molecule has 3 nitrogen and oxygen atoms in total. The van der Waals surface area contributed by atoms with Gasteiger partial charge in [-0.05, 0) is 30.0 Å². The van der Waals surface area contributed by atoms with Crippen LogP contribution in [-0.4, -0.2) is 18.2 Å². The molecule has 22 heavy (non-hydrogen) atoms. The number of thiophene rings is 1. The number of benzene rings is 1.